The first-order valence-corrected chi connectivity index (χ1v) is 5.79. The molecular weight excluding hydrogens is 264 g/mol. The number of aliphatic imine (C=N–C) groups is 1. The summed E-state index contributed by atoms with van der Waals surface area (Å²) in [5, 5.41) is 9.21. The maximum Gasteiger partial charge on any atom is 0.410 e. The zero-order valence-electron chi connectivity index (χ0n) is 9.79. The van der Waals surface area contributed by atoms with Crippen molar-refractivity contribution in [3.8, 4) is 17.7 Å². The quantitative estimate of drug-likeness (QED) is 0.476. The van der Waals surface area contributed by atoms with Crippen LogP contribution in [-0.4, -0.2) is 6.08 Å². The second-order valence-corrected chi connectivity index (χ2v) is 3.89. The molecule has 0 fully saturated rings. The van der Waals surface area contributed by atoms with Gasteiger partial charge in [0.1, 0.15) is 11.5 Å². The first-order valence-electron chi connectivity index (χ1n) is 5.41. The highest BCUT2D eigenvalue weighted by Crippen LogP contribution is 2.17. The summed E-state index contributed by atoms with van der Waals surface area (Å²) in [5.41, 5.74) is 0. The molecule has 0 heterocycles. The van der Waals surface area contributed by atoms with Crippen molar-refractivity contribution in [1.29, 1.82) is 5.26 Å². The number of nitrogens with zero attached hydrogens (tertiary/aromatic N) is 2. The van der Waals surface area contributed by atoms with Crippen LogP contribution in [0.3, 0.4) is 0 Å². The van der Waals surface area contributed by atoms with Gasteiger partial charge in [-0.2, -0.15) is 5.26 Å². The smallest absolute Gasteiger partial charge is 0.410 e. The van der Waals surface area contributed by atoms with Crippen LogP contribution in [0.25, 0.3) is 0 Å². The van der Waals surface area contributed by atoms with E-state index in [1.807, 2.05) is 18.2 Å². The summed E-state index contributed by atoms with van der Waals surface area (Å²) in [6, 6.07) is 15.6. The molecule has 0 aliphatic carbocycles. The second-order valence-electron chi connectivity index (χ2n) is 3.45. The molecule has 2 aromatic carbocycles. The van der Waals surface area contributed by atoms with Gasteiger partial charge in [0.05, 0.1) is 0 Å². The van der Waals surface area contributed by atoms with Gasteiger partial charge >= 0.3 is 6.08 Å². The largest absolute Gasteiger partial charge is 0.410 e. The molecule has 5 heteroatoms. The van der Waals surface area contributed by atoms with Gasteiger partial charge in [-0.25, -0.2) is 0 Å². The Morgan fingerprint density at radius 3 is 2.11 bits per heavy atom. The van der Waals surface area contributed by atoms with Crippen molar-refractivity contribution in [2.24, 2.45) is 4.99 Å². The lowest BCUT2D eigenvalue weighted by molar-refractivity contribution is 0.386. The van der Waals surface area contributed by atoms with Gasteiger partial charge in [-0.05, 0) is 36.4 Å². The minimum Gasteiger partial charge on any atom is -0.410 e. The number of hydrogen-bond donors (Lipinski definition) is 0. The molecule has 4 nitrogen and oxygen atoms in total. The fourth-order valence-electron chi connectivity index (χ4n) is 1.30. The van der Waals surface area contributed by atoms with Gasteiger partial charge in [0.15, 0.2) is 0 Å². The molecule has 0 amide bonds. The molecule has 0 bridgehead atoms. The van der Waals surface area contributed by atoms with Gasteiger partial charge in [-0.15, -0.1) is 0 Å². The lowest BCUT2D eigenvalue weighted by Crippen LogP contribution is -2.16. The summed E-state index contributed by atoms with van der Waals surface area (Å²) < 4.78 is 10.7. The standard InChI is InChI=1S/C14H9ClN2O2/c15-11-6-8-13(9-7-11)19-14(17-10-16)18-12-4-2-1-3-5-12/h1-9H. The van der Waals surface area contributed by atoms with Gasteiger partial charge in [-0.3, -0.25) is 0 Å². The number of rotatable bonds is 2. The van der Waals surface area contributed by atoms with E-state index < -0.39 is 0 Å². The van der Waals surface area contributed by atoms with E-state index >= 15 is 0 Å². The average molecular weight is 273 g/mol. The molecule has 19 heavy (non-hydrogen) atoms. The number of benzene rings is 2. The summed E-state index contributed by atoms with van der Waals surface area (Å²) >= 11 is 5.77. The number of halogens is 1. The molecule has 0 saturated heterocycles. The Morgan fingerprint density at radius 2 is 1.53 bits per heavy atom. The van der Waals surface area contributed by atoms with Crippen molar-refractivity contribution in [2.75, 3.05) is 0 Å². The first kappa shape index (κ1) is 12.9. The molecule has 0 radical (unpaired) electrons. The van der Waals surface area contributed by atoms with E-state index in [-0.39, 0.29) is 6.08 Å². The van der Waals surface area contributed by atoms with Gasteiger partial charge < -0.3 is 9.47 Å². The minimum atomic E-state index is -0.143. The van der Waals surface area contributed by atoms with E-state index in [2.05, 4.69) is 4.99 Å². The number of ether oxygens (including phenoxy) is 2. The Morgan fingerprint density at radius 1 is 0.947 bits per heavy atom. The predicted molar refractivity (Wildman–Crippen MR) is 72.2 cm³/mol. The maximum atomic E-state index is 8.62. The van der Waals surface area contributed by atoms with E-state index in [1.165, 1.54) is 0 Å². The summed E-state index contributed by atoms with van der Waals surface area (Å²) in [4.78, 5) is 3.48. The minimum absolute atomic E-state index is 0.143. The fourth-order valence-corrected chi connectivity index (χ4v) is 1.43. The topological polar surface area (TPSA) is 54.6 Å². The molecule has 0 aromatic heterocycles. The second kappa shape index (κ2) is 6.43. The third-order valence-corrected chi connectivity index (χ3v) is 2.36. The van der Waals surface area contributed by atoms with Crippen molar-refractivity contribution in [3.63, 3.8) is 0 Å². The van der Waals surface area contributed by atoms with Crippen LogP contribution < -0.4 is 9.47 Å². The van der Waals surface area contributed by atoms with Crippen LogP contribution in [0.15, 0.2) is 59.6 Å². The van der Waals surface area contributed by atoms with Crippen LogP contribution in [0, 0.1) is 11.5 Å². The Balaban J connectivity index is 2.11. The van der Waals surface area contributed by atoms with Crippen LogP contribution in [-0.2, 0) is 0 Å². The summed E-state index contributed by atoms with van der Waals surface area (Å²) in [6.45, 7) is 0. The van der Waals surface area contributed by atoms with Crippen molar-refractivity contribution >= 4 is 17.7 Å². The molecule has 0 atom stereocenters. The van der Waals surface area contributed by atoms with Crippen LogP contribution in [0.5, 0.6) is 11.5 Å². The van der Waals surface area contributed by atoms with Crippen molar-refractivity contribution in [3.05, 3.63) is 59.6 Å². The molecule has 0 aliphatic rings. The van der Waals surface area contributed by atoms with Crippen molar-refractivity contribution < 1.29 is 9.47 Å². The highest BCUT2D eigenvalue weighted by molar-refractivity contribution is 6.30. The Kier molecular flexibility index (Phi) is 4.38. The van der Waals surface area contributed by atoms with E-state index in [0.29, 0.717) is 16.5 Å². The van der Waals surface area contributed by atoms with E-state index in [4.69, 9.17) is 26.3 Å². The Hall–Kier alpha value is -2.51. The zero-order valence-corrected chi connectivity index (χ0v) is 10.5. The van der Waals surface area contributed by atoms with E-state index in [9.17, 15) is 0 Å². The Labute approximate surface area is 115 Å². The normalized spacial score (nSPS) is 10.6. The number of para-hydroxylation sites is 1. The molecule has 94 valence electrons. The summed E-state index contributed by atoms with van der Waals surface area (Å²) in [5.74, 6) is 1.01. The highest BCUT2D eigenvalue weighted by atomic mass is 35.5. The molecule has 0 spiro atoms. The number of nitriles is 1. The molecule has 0 unspecified atom stereocenters. The first-order chi connectivity index (χ1) is 9.28. The number of hydrogen-bond acceptors (Lipinski definition) is 4. The van der Waals surface area contributed by atoms with Gasteiger partial charge in [0.2, 0.25) is 6.19 Å². The third-order valence-electron chi connectivity index (χ3n) is 2.11. The van der Waals surface area contributed by atoms with Crippen LogP contribution >= 0.6 is 11.6 Å². The molecular formula is C14H9ClN2O2. The van der Waals surface area contributed by atoms with E-state index in [0.717, 1.165) is 0 Å². The highest BCUT2D eigenvalue weighted by Gasteiger charge is 2.06. The molecule has 0 N–H and O–H groups in total. The molecule has 2 rings (SSSR count). The monoisotopic (exact) mass is 272 g/mol. The summed E-state index contributed by atoms with van der Waals surface area (Å²) in [7, 11) is 0. The van der Waals surface area contributed by atoms with Gasteiger partial charge in [0.25, 0.3) is 0 Å². The van der Waals surface area contributed by atoms with Crippen LogP contribution in [0.4, 0.5) is 0 Å². The lowest BCUT2D eigenvalue weighted by Gasteiger charge is -2.08. The van der Waals surface area contributed by atoms with Gasteiger partial charge in [-0.1, -0.05) is 34.8 Å². The SMILES string of the molecule is N#CN=C(Oc1ccccc1)Oc1ccc(Cl)cc1. The molecule has 2 aromatic rings. The van der Waals surface area contributed by atoms with Crippen LogP contribution in [0.1, 0.15) is 0 Å². The fraction of sp³-hybridized carbons (Fsp3) is 0. The Bertz CT molecular complexity index is 604. The molecule has 0 saturated carbocycles. The van der Waals surface area contributed by atoms with Crippen LogP contribution in [0.2, 0.25) is 5.02 Å². The third kappa shape index (κ3) is 4.02. The van der Waals surface area contributed by atoms with Gasteiger partial charge in [0, 0.05) is 5.02 Å². The van der Waals surface area contributed by atoms with Crippen molar-refractivity contribution in [2.45, 2.75) is 0 Å². The lowest BCUT2D eigenvalue weighted by atomic mass is 10.3. The van der Waals surface area contributed by atoms with E-state index in [1.54, 1.807) is 42.6 Å². The summed E-state index contributed by atoms with van der Waals surface area (Å²) in [6.07, 6.45) is 1.49. The maximum absolute atomic E-state index is 8.62. The van der Waals surface area contributed by atoms with Crippen molar-refractivity contribution in [1.82, 2.24) is 0 Å². The zero-order chi connectivity index (χ0) is 13.5. The molecule has 0 aliphatic heterocycles. The average Bonchev–Trinajstić information content (AvgIpc) is 2.43. The predicted octanol–water partition coefficient (Wildman–Crippen LogP) is 3.63.